The molecule has 1 aliphatic carbocycles. The SMILES string of the molecule is CC1(C)c2cc(N(c3ccccc3)c3cccc4c3oc3ccccc34)ccc2-c2cc3ccc(N(c4ccccc4)c4ccccc4-c4ccccc4)cc3c3cccc1c23. The Hall–Kier alpha value is -7.88. The van der Waals surface area contributed by atoms with Crippen molar-refractivity contribution >= 4 is 77.6 Å². The second-order valence-corrected chi connectivity index (χ2v) is 16.9. The molecule has 1 aliphatic rings. The zero-order chi connectivity index (χ0) is 41.4. The van der Waals surface area contributed by atoms with E-state index in [-0.39, 0.29) is 5.41 Å². The van der Waals surface area contributed by atoms with Crippen LogP contribution in [-0.2, 0) is 5.41 Å². The minimum atomic E-state index is -0.290. The fraction of sp³-hybridized carbons (Fsp3) is 0.0508. The maximum absolute atomic E-state index is 6.64. The fourth-order valence-electron chi connectivity index (χ4n) is 10.1. The Balaban J connectivity index is 1.04. The second kappa shape index (κ2) is 14.1. The molecule has 0 bridgehead atoms. The predicted molar refractivity (Wildman–Crippen MR) is 261 cm³/mol. The van der Waals surface area contributed by atoms with Gasteiger partial charge in [-0.25, -0.2) is 0 Å². The van der Waals surface area contributed by atoms with E-state index >= 15 is 0 Å². The first-order valence-electron chi connectivity index (χ1n) is 21.4. The molecule has 0 radical (unpaired) electrons. The van der Waals surface area contributed by atoms with Crippen molar-refractivity contribution in [2.24, 2.45) is 0 Å². The highest BCUT2D eigenvalue weighted by Gasteiger charge is 2.35. The molecule has 0 spiro atoms. The van der Waals surface area contributed by atoms with Crippen LogP contribution in [0.2, 0.25) is 0 Å². The maximum atomic E-state index is 6.64. The standard InChI is InChI=1S/C59H42N2O/c1-59(2)52-28-16-26-48-50-37-43(60(41-20-8-4-9-21-41)54-29-14-12-24-45(54)39-18-6-3-7-19-39)33-32-40(50)36-51(57(48)52)46-35-34-44(38-53(46)59)61(42-22-10-5-11-23-42)55-30-17-27-49-47-25-13-15-31-56(47)62-58(49)55/h3-38H,1-2H3. The van der Waals surface area contributed by atoms with E-state index in [0.717, 1.165) is 56.1 Å². The highest BCUT2D eigenvalue weighted by molar-refractivity contribution is 6.18. The van der Waals surface area contributed by atoms with Gasteiger partial charge >= 0.3 is 0 Å². The molecule has 1 aromatic heterocycles. The monoisotopic (exact) mass is 794 g/mol. The summed E-state index contributed by atoms with van der Waals surface area (Å²) < 4.78 is 6.64. The summed E-state index contributed by atoms with van der Waals surface area (Å²) in [7, 11) is 0. The largest absolute Gasteiger partial charge is 0.454 e. The van der Waals surface area contributed by atoms with Crippen molar-refractivity contribution in [3.8, 4) is 22.3 Å². The van der Waals surface area contributed by atoms with Gasteiger partial charge in [-0.15, -0.1) is 0 Å². The van der Waals surface area contributed by atoms with E-state index in [1.165, 1.54) is 54.9 Å². The van der Waals surface area contributed by atoms with E-state index in [1.54, 1.807) is 0 Å². The molecule has 1 heterocycles. The van der Waals surface area contributed by atoms with Gasteiger partial charge in [0.1, 0.15) is 5.58 Å². The molecule has 0 saturated carbocycles. The lowest BCUT2D eigenvalue weighted by Gasteiger charge is -2.37. The molecule has 12 rings (SSSR count). The van der Waals surface area contributed by atoms with Gasteiger partial charge in [-0.1, -0.05) is 159 Å². The van der Waals surface area contributed by atoms with Crippen molar-refractivity contribution in [2.75, 3.05) is 9.80 Å². The van der Waals surface area contributed by atoms with Crippen LogP contribution in [0.1, 0.15) is 25.0 Å². The summed E-state index contributed by atoms with van der Waals surface area (Å²) >= 11 is 0. The Kier molecular flexibility index (Phi) is 8.20. The predicted octanol–water partition coefficient (Wildman–Crippen LogP) is 16.8. The summed E-state index contributed by atoms with van der Waals surface area (Å²) in [4.78, 5) is 4.76. The second-order valence-electron chi connectivity index (χ2n) is 16.9. The number of rotatable bonds is 7. The molecule has 0 N–H and O–H groups in total. The number of furan rings is 1. The number of nitrogens with zero attached hydrogens (tertiary/aromatic N) is 2. The molecule has 0 fully saturated rings. The fourth-order valence-corrected chi connectivity index (χ4v) is 10.1. The molecule has 11 aromatic rings. The summed E-state index contributed by atoms with van der Waals surface area (Å²) in [5, 5.41) is 7.29. The van der Waals surface area contributed by atoms with E-state index in [9.17, 15) is 0 Å². The lowest BCUT2D eigenvalue weighted by atomic mass is 9.68. The van der Waals surface area contributed by atoms with Crippen molar-refractivity contribution in [1.29, 1.82) is 0 Å². The average molecular weight is 795 g/mol. The molecule has 294 valence electrons. The summed E-state index contributed by atoms with van der Waals surface area (Å²) in [5.74, 6) is 0. The Morgan fingerprint density at radius 2 is 0.968 bits per heavy atom. The van der Waals surface area contributed by atoms with Gasteiger partial charge in [-0.2, -0.15) is 0 Å². The van der Waals surface area contributed by atoms with Crippen LogP contribution < -0.4 is 9.80 Å². The number of hydrogen-bond acceptors (Lipinski definition) is 3. The van der Waals surface area contributed by atoms with Gasteiger partial charge < -0.3 is 14.2 Å². The van der Waals surface area contributed by atoms with Crippen LogP contribution in [0.15, 0.2) is 223 Å². The number of fused-ring (bicyclic) bond motifs is 7. The first-order valence-corrected chi connectivity index (χ1v) is 21.4. The van der Waals surface area contributed by atoms with Gasteiger partial charge in [-0.05, 0) is 122 Å². The zero-order valence-corrected chi connectivity index (χ0v) is 34.6. The molecular formula is C59H42N2O. The molecule has 0 unspecified atom stereocenters. The molecule has 3 heteroatoms. The summed E-state index contributed by atoms with van der Waals surface area (Å²) in [6.45, 7) is 4.77. The van der Waals surface area contributed by atoms with Crippen molar-refractivity contribution < 1.29 is 4.42 Å². The molecule has 0 amide bonds. The van der Waals surface area contributed by atoms with Crippen molar-refractivity contribution in [1.82, 2.24) is 0 Å². The molecule has 62 heavy (non-hydrogen) atoms. The number of benzene rings is 10. The quantitative estimate of drug-likeness (QED) is 0.150. The topological polar surface area (TPSA) is 19.6 Å². The number of anilines is 6. The van der Waals surface area contributed by atoms with Crippen molar-refractivity contribution in [2.45, 2.75) is 19.3 Å². The minimum absolute atomic E-state index is 0.290. The molecule has 0 aliphatic heterocycles. The molecule has 0 atom stereocenters. The van der Waals surface area contributed by atoms with Crippen LogP contribution in [0.3, 0.4) is 0 Å². The van der Waals surface area contributed by atoms with Crippen LogP contribution in [0, 0.1) is 0 Å². The summed E-state index contributed by atoms with van der Waals surface area (Å²) in [5.41, 5.74) is 15.6. The third-order valence-electron chi connectivity index (χ3n) is 13.0. The van der Waals surface area contributed by atoms with Crippen LogP contribution >= 0.6 is 0 Å². The summed E-state index contributed by atoms with van der Waals surface area (Å²) in [6, 6.07) is 79.0. The first-order chi connectivity index (χ1) is 30.5. The van der Waals surface area contributed by atoms with Crippen molar-refractivity contribution in [3.05, 3.63) is 230 Å². The Labute approximate surface area is 361 Å². The lowest BCUT2D eigenvalue weighted by molar-refractivity contribution is 0.645. The van der Waals surface area contributed by atoms with E-state index in [0.29, 0.717) is 0 Å². The number of hydrogen-bond donors (Lipinski definition) is 0. The lowest BCUT2D eigenvalue weighted by Crippen LogP contribution is -2.24. The molecule has 0 saturated heterocycles. The Morgan fingerprint density at radius 1 is 0.371 bits per heavy atom. The number of para-hydroxylation sites is 5. The van der Waals surface area contributed by atoms with Crippen molar-refractivity contribution in [3.63, 3.8) is 0 Å². The van der Waals surface area contributed by atoms with Gasteiger partial charge in [0.05, 0.1) is 11.4 Å². The minimum Gasteiger partial charge on any atom is -0.454 e. The summed E-state index contributed by atoms with van der Waals surface area (Å²) in [6.07, 6.45) is 0. The molecule has 3 nitrogen and oxygen atoms in total. The molecular weight excluding hydrogens is 753 g/mol. The van der Waals surface area contributed by atoms with E-state index < -0.39 is 0 Å². The zero-order valence-electron chi connectivity index (χ0n) is 34.6. The van der Waals surface area contributed by atoms with E-state index in [2.05, 4.69) is 236 Å². The van der Waals surface area contributed by atoms with Gasteiger partial charge in [0.15, 0.2) is 5.58 Å². The highest BCUT2D eigenvalue weighted by Crippen LogP contribution is 2.53. The van der Waals surface area contributed by atoms with Crippen LogP contribution in [0.5, 0.6) is 0 Å². The Bertz CT molecular complexity index is 3500. The third-order valence-corrected chi connectivity index (χ3v) is 13.0. The molecule has 10 aromatic carbocycles. The van der Waals surface area contributed by atoms with Crippen LogP contribution in [0.25, 0.3) is 65.7 Å². The average Bonchev–Trinajstić information content (AvgIpc) is 3.72. The van der Waals surface area contributed by atoms with Crippen LogP contribution in [0.4, 0.5) is 34.1 Å². The van der Waals surface area contributed by atoms with E-state index in [4.69, 9.17) is 4.42 Å². The van der Waals surface area contributed by atoms with Crippen LogP contribution in [-0.4, -0.2) is 0 Å². The van der Waals surface area contributed by atoms with Gasteiger partial charge in [0.2, 0.25) is 0 Å². The normalized spacial score (nSPS) is 12.8. The van der Waals surface area contributed by atoms with Gasteiger partial charge in [-0.3, -0.25) is 0 Å². The maximum Gasteiger partial charge on any atom is 0.159 e. The first kappa shape index (κ1) is 36.0. The van der Waals surface area contributed by atoms with Gasteiger partial charge in [0, 0.05) is 44.5 Å². The smallest absolute Gasteiger partial charge is 0.159 e. The Morgan fingerprint density at radius 3 is 1.76 bits per heavy atom. The van der Waals surface area contributed by atoms with E-state index in [1.807, 2.05) is 6.07 Å². The van der Waals surface area contributed by atoms with Gasteiger partial charge in [0.25, 0.3) is 0 Å². The third kappa shape index (κ3) is 5.59. The highest BCUT2D eigenvalue weighted by atomic mass is 16.3.